The first-order chi connectivity index (χ1) is 13.0. The van der Waals surface area contributed by atoms with E-state index in [1.165, 1.54) is 12.1 Å². The van der Waals surface area contributed by atoms with Crippen molar-refractivity contribution in [3.05, 3.63) is 23.3 Å². The SMILES string of the molecule is CC(C)(C(=O)OCCCI)c1cc(O)c([C@@H]2CC(=O)[C@@H]3C[C@H]2C3(C)C)c(O)c1. The molecule has 1 aromatic rings. The third kappa shape index (κ3) is 3.42. The molecule has 0 heterocycles. The molecule has 3 atom stereocenters. The number of esters is 1. The van der Waals surface area contributed by atoms with Crippen molar-refractivity contribution < 1.29 is 24.5 Å². The average Bonchev–Trinajstić information content (AvgIpc) is 2.60. The minimum Gasteiger partial charge on any atom is -0.508 e. The normalized spacial score (nSPS) is 25.9. The van der Waals surface area contributed by atoms with E-state index < -0.39 is 5.41 Å². The summed E-state index contributed by atoms with van der Waals surface area (Å²) in [4.78, 5) is 25.0. The Morgan fingerprint density at radius 3 is 2.39 bits per heavy atom. The Bertz CT molecular complexity index is 775. The molecule has 6 heteroatoms. The van der Waals surface area contributed by atoms with Gasteiger partial charge in [-0.3, -0.25) is 9.59 Å². The highest BCUT2D eigenvalue weighted by Gasteiger charge is 2.59. The van der Waals surface area contributed by atoms with Gasteiger partial charge in [0.05, 0.1) is 12.0 Å². The molecule has 0 amide bonds. The Balaban J connectivity index is 1.89. The van der Waals surface area contributed by atoms with Crippen molar-refractivity contribution in [1.29, 1.82) is 0 Å². The standard InChI is InChI=1S/C22H29IO5/c1-21(2,20(27)28-7-5-6-23)12-8-17(25)19(18(26)9-12)13-10-16(24)15-11-14(13)22(15,3)4/h8-9,13-15,25-26H,5-7,10-11H2,1-4H3/t13-,14-,15+/m1/s1. The summed E-state index contributed by atoms with van der Waals surface area (Å²) < 4.78 is 6.24. The number of fused-ring (bicyclic) bond motifs is 2. The van der Waals surface area contributed by atoms with Gasteiger partial charge in [-0.15, -0.1) is 0 Å². The first-order valence-electron chi connectivity index (χ1n) is 9.84. The van der Waals surface area contributed by atoms with Gasteiger partial charge in [0, 0.05) is 28.2 Å². The van der Waals surface area contributed by atoms with E-state index in [0.29, 0.717) is 24.2 Å². The number of hydrogen-bond acceptors (Lipinski definition) is 5. The number of halogens is 1. The molecule has 28 heavy (non-hydrogen) atoms. The molecule has 1 aromatic carbocycles. The van der Waals surface area contributed by atoms with E-state index in [1.807, 2.05) is 0 Å². The average molecular weight is 500 g/mol. The Hall–Kier alpha value is -1.31. The number of Topliss-reactive ketones (excluding diaryl/α,β-unsaturated/α-hetero) is 1. The van der Waals surface area contributed by atoms with Crippen molar-refractivity contribution >= 4 is 34.3 Å². The molecular weight excluding hydrogens is 471 g/mol. The zero-order valence-electron chi connectivity index (χ0n) is 16.9. The molecule has 0 aliphatic heterocycles. The summed E-state index contributed by atoms with van der Waals surface area (Å²) in [6.07, 6.45) is 1.94. The van der Waals surface area contributed by atoms with E-state index in [0.717, 1.165) is 17.3 Å². The Morgan fingerprint density at radius 1 is 1.29 bits per heavy atom. The van der Waals surface area contributed by atoms with Crippen LogP contribution in [0, 0.1) is 17.3 Å². The zero-order chi connectivity index (χ0) is 20.9. The molecule has 5 nitrogen and oxygen atoms in total. The van der Waals surface area contributed by atoms with Crippen LogP contribution in [0.1, 0.15) is 64.0 Å². The van der Waals surface area contributed by atoms with Crippen LogP contribution < -0.4 is 0 Å². The number of ketones is 1. The fourth-order valence-corrected chi connectivity index (χ4v) is 5.19. The molecule has 3 fully saturated rings. The molecule has 3 saturated carbocycles. The molecule has 2 N–H and O–H groups in total. The summed E-state index contributed by atoms with van der Waals surface area (Å²) >= 11 is 2.23. The molecule has 0 radical (unpaired) electrons. The first-order valence-corrected chi connectivity index (χ1v) is 11.4. The van der Waals surface area contributed by atoms with Gasteiger partial charge in [-0.05, 0) is 55.7 Å². The van der Waals surface area contributed by atoms with Crippen LogP contribution in [0.15, 0.2) is 12.1 Å². The third-order valence-corrected chi connectivity index (χ3v) is 7.65. The smallest absolute Gasteiger partial charge is 0.315 e. The third-order valence-electron chi connectivity index (χ3n) is 6.89. The summed E-state index contributed by atoms with van der Waals surface area (Å²) in [6, 6.07) is 3.08. The number of carbonyl (C=O) groups excluding carboxylic acids is 2. The van der Waals surface area contributed by atoms with Gasteiger partial charge in [0.2, 0.25) is 0 Å². The van der Waals surface area contributed by atoms with E-state index in [9.17, 15) is 19.8 Å². The van der Waals surface area contributed by atoms with Crippen molar-refractivity contribution in [3.8, 4) is 11.5 Å². The van der Waals surface area contributed by atoms with Crippen LogP contribution in [0.3, 0.4) is 0 Å². The molecule has 0 spiro atoms. The van der Waals surface area contributed by atoms with Gasteiger partial charge < -0.3 is 14.9 Å². The molecule has 4 rings (SSSR count). The lowest BCUT2D eigenvalue weighted by molar-refractivity contribution is -0.152. The van der Waals surface area contributed by atoms with Crippen molar-refractivity contribution in [3.63, 3.8) is 0 Å². The molecule has 0 unspecified atom stereocenters. The van der Waals surface area contributed by atoms with Gasteiger partial charge in [0.25, 0.3) is 0 Å². The van der Waals surface area contributed by atoms with Gasteiger partial charge >= 0.3 is 5.97 Å². The van der Waals surface area contributed by atoms with E-state index >= 15 is 0 Å². The Labute approximate surface area is 180 Å². The fourth-order valence-electron chi connectivity index (χ4n) is 4.87. The maximum atomic E-state index is 12.5. The number of aromatic hydroxyl groups is 2. The van der Waals surface area contributed by atoms with E-state index in [1.54, 1.807) is 13.8 Å². The summed E-state index contributed by atoms with van der Waals surface area (Å²) in [7, 11) is 0. The van der Waals surface area contributed by atoms with Crippen LogP contribution in [0.25, 0.3) is 0 Å². The summed E-state index contributed by atoms with van der Waals surface area (Å²) in [6.45, 7) is 7.97. The lowest BCUT2D eigenvalue weighted by Crippen LogP contribution is -2.56. The quantitative estimate of drug-likeness (QED) is 0.261. The summed E-state index contributed by atoms with van der Waals surface area (Å²) in [5.74, 6) is -0.138. The molecule has 3 aliphatic carbocycles. The number of ether oxygens (including phenoxy) is 1. The first kappa shape index (κ1) is 21.4. The predicted octanol–water partition coefficient (Wildman–Crippen LogP) is 4.46. The lowest BCUT2D eigenvalue weighted by atomic mass is 9.44. The Morgan fingerprint density at radius 2 is 1.89 bits per heavy atom. The van der Waals surface area contributed by atoms with Crippen LogP contribution in [-0.2, 0) is 19.7 Å². The van der Waals surface area contributed by atoms with E-state index in [-0.39, 0.29) is 46.4 Å². The number of alkyl halides is 1. The second-order valence-electron chi connectivity index (χ2n) is 9.22. The highest BCUT2D eigenvalue weighted by molar-refractivity contribution is 14.1. The number of rotatable bonds is 6. The second kappa shape index (κ2) is 7.50. The summed E-state index contributed by atoms with van der Waals surface area (Å²) in [5.41, 5.74) is -0.178. The molecule has 154 valence electrons. The van der Waals surface area contributed by atoms with Gasteiger partial charge in [0.1, 0.15) is 17.3 Å². The second-order valence-corrected chi connectivity index (χ2v) is 10.3. The Kier molecular flexibility index (Phi) is 5.73. The highest BCUT2D eigenvalue weighted by atomic mass is 127. The van der Waals surface area contributed by atoms with Crippen LogP contribution in [0.2, 0.25) is 0 Å². The monoisotopic (exact) mass is 500 g/mol. The molecule has 0 saturated heterocycles. The van der Waals surface area contributed by atoms with E-state index in [2.05, 4.69) is 36.4 Å². The maximum Gasteiger partial charge on any atom is 0.315 e. The van der Waals surface area contributed by atoms with Gasteiger partial charge in [-0.25, -0.2) is 0 Å². The number of hydrogen-bond donors (Lipinski definition) is 2. The van der Waals surface area contributed by atoms with Gasteiger partial charge in [0.15, 0.2) is 0 Å². The number of carbonyl (C=O) groups is 2. The summed E-state index contributed by atoms with van der Waals surface area (Å²) in [5, 5.41) is 21.5. The van der Waals surface area contributed by atoms with Crippen molar-refractivity contribution in [2.75, 3.05) is 11.0 Å². The minimum absolute atomic E-state index is 0.0536. The van der Waals surface area contributed by atoms with Crippen molar-refractivity contribution in [1.82, 2.24) is 0 Å². The molecule has 3 aliphatic rings. The number of benzene rings is 1. The van der Waals surface area contributed by atoms with E-state index in [4.69, 9.17) is 4.74 Å². The predicted molar refractivity (Wildman–Crippen MR) is 115 cm³/mol. The molecular formula is C22H29IO5. The number of phenolic OH excluding ortho intramolecular Hbond substituents is 2. The van der Waals surface area contributed by atoms with Crippen LogP contribution in [0.5, 0.6) is 11.5 Å². The molecule has 2 bridgehead atoms. The zero-order valence-corrected chi connectivity index (χ0v) is 19.1. The lowest BCUT2D eigenvalue weighted by Gasteiger charge is -2.59. The fraction of sp³-hybridized carbons (Fsp3) is 0.636. The highest BCUT2D eigenvalue weighted by Crippen LogP contribution is 2.64. The van der Waals surface area contributed by atoms with Crippen LogP contribution in [-0.4, -0.2) is 33.0 Å². The molecule has 0 aromatic heterocycles. The topological polar surface area (TPSA) is 83.8 Å². The minimum atomic E-state index is -0.998. The van der Waals surface area contributed by atoms with Crippen molar-refractivity contribution in [2.24, 2.45) is 17.3 Å². The van der Waals surface area contributed by atoms with Crippen molar-refractivity contribution in [2.45, 2.75) is 58.3 Å². The number of phenols is 2. The van der Waals surface area contributed by atoms with Gasteiger partial charge in [-0.2, -0.15) is 0 Å². The van der Waals surface area contributed by atoms with Crippen LogP contribution in [0.4, 0.5) is 0 Å². The van der Waals surface area contributed by atoms with Gasteiger partial charge in [-0.1, -0.05) is 36.4 Å². The maximum absolute atomic E-state index is 12.5. The largest absolute Gasteiger partial charge is 0.508 e. The van der Waals surface area contributed by atoms with Crippen LogP contribution >= 0.6 is 22.6 Å².